The van der Waals surface area contributed by atoms with Gasteiger partial charge in [0.25, 0.3) is 0 Å². The summed E-state index contributed by atoms with van der Waals surface area (Å²) in [6, 6.07) is 6.72. The molecule has 0 fully saturated rings. The quantitative estimate of drug-likeness (QED) is 0.673. The molecule has 0 saturated heterocycles. The van der Waals surface area contributed by atoms with E-state index in [-0.39, 0.29) is 12.5 Å². The Morgan fingerprint density at radius 2 is 1.91 bits per heavy atom. The second-order valence-corrected chi connectivity index (χ2v) is 6.06. The molecular weight excluding hydrogens is 304 g/mol. The van der Waals surface area contributed by atoms with E-state index in [4.69, 9.17) is 16.7 Å². The van der Waals surface area contributed by atoms with Crippen LogP contribution in [0.1, 0.15) is 26.7 Å². The van der Waals surface area contributed by atoms with Crippen LogP contribution in [0.3, 0.4) is 0 Å². The summed E-state index contributed by atoms with van der Waals surface area (Å²) in [5.74, 6) is -0.834. The largest absolute Gasteiger partial charge is 0.396 e. The molecule has 0 aromatic heterocycles. The van der Waals surface area contributed by atoms with Crippen molar-refractivity contribution < 1.29 is 14.7 Å². The molecule has 0 radical (unpaired) electrons. The summed E-state index contributed by atoms with van der Waals surface area (Å²) < 4.78 is 0. The molecular formula is C16H23ClN2O3. The smallest absolute Gasteiger partial charge is 0.313 e. The van der Waals surface area contributed by atoms with Gasteiger partial charge in [0.2, 0.25) is 0 Å². The van der Waals surface area contributed by atoms with Gasteiger partial charge in [-0.05, 0) is 36.8 Å². The molecule has 0 bridgehead atoms. The van der Waals surface area contributed by atoms with E-state index >= 15 is 0 Å². The van der Waals surface area contributed by atoms with E-state index in [0.29, 0.717) is 29.6 Å². The summed E-state index contributed by atoms with van der Waals surface area (Å²) in [4.78, 5) is 23.7. The fourth-order valence-electron chi connectivity index (χ4n) is 2.21. The van der Waals surface area contributed by atoms with Crippen molar-refractivity contribution in [1.82, 2.24) is 5.32 Å². The molecule has 122 valence electrons. The van der Waals surface area contributed by atoms with Crippen LogP contribution in [0.5, 0.6) is 0 Å². The van der Waals surface area contributed by atoms with Crippen LogP contribution in [0.2, 0.25) is 5.02 Å². The first kappa shape index (κ1) is 18.5. The van der Waals surface area contributed by atoms with Gasteiger partial charge in [0, 0.05) is 13.2 Å². The van der Waals surface area contributed by atoms with Crippen LogP contribution in [0, 0.1) is 11.8 Å². The molecule has 1 rings (SSSR count). The highest BCUT2D eigenvalue weighted by atomic mass is 35.5. The molecule has 1 unspecified atom stereocenters. The van der Waals surface area contributed by atoms with Crippen LogP contribution in [-0.2, 0) is 9.59 Å². The predicted molar refractivity (Wildman–Crippen MR) is 87.7 cm³/mol. The molecule has 3 N–H and O–H groups in total. The zero-order valence-corrected chi connectivity index (χ0v) is 13.7. The summed E-state index contributed by atoms with van der Waals surface area (Å²) >= 11 is 5.92. The van der Waals surface area contributed by atoms with Gasteiger partial charge in [-0.15, -0.1) is 0 Å². The maximum Gasteiger partial charge on any atom is 0.313 e. The number of aliphatic hydroxyl groups excluding tert-OH is 1. The van der Waals surface area contributed by atoms with Gasteiger partial charge >= 0.3 is 11.8 Å². The summed E-state index contributed by atoms with van der Waals surface area (Å²) in [7, 11) is 0. The minimum atomic E-state index is -0.750. The van der Waals surface area contributed by atoms with Crippen LogP contribution in [0.15, 0.2) is 24.3 Å². The van der Waals surface area contributed by atoms with Gasteiger partial charge in [0.05, 0.1) is 10.7 Å². The third kappa shape index (κ3) is 6.45. The standard InChI is InChI=1S/C16H23ClN2O3/c1-11(2)9-12(7-8-20)10-18-15(21)16(22)19-14-6-4-3-5-13(14)17/h3-6,11-12,20H,7-10H2,1-2H3,(H,18,21)(H,19,22). The second kappa shape index (κ2) is 9.43. The summed E-state index contributed by atoms with van der Waals surface area (Å²) in [6.07, 6.45) is 1.48. The summed E-state index contributed by atoms with van der Waals surface area (Å²) in [6.45, 7) is 4.60. The minimum absolute atomic E-state index is 0.0685. The molecule has 6 heteroatoms. The second-order valence-electron chi connectivity index (χ2n) is 5.65. The lowest BCUT2D eigenvalue weighted by Gasteiger charge is -2.18. The van der Waals surface area contributed by atoms with Crippen molar-refractivity contribution in [2.24, 2.45) is 11.8 Å². The highest BCUT2D eigenvalue weighted by Crippen LogP contribution is 2.20. The normalized spacial score (nSPS) is 12.0. The number of carbonyl (C=O) groups excluding carboxylic acids is 2. The molecule has 2 amide bonds. The average Bonchev–Trinajstić information content (AvgIpc) is 2.46. The topological polar surface area (TPSA) is 78.4 Å². The SMILES string of the molecule is CC(C)CC(CCO)CNC(=O)C(=O)Nc1ccccc1Cl. The molecule has 1 aromatic rings. The van der Waals surface area contributed by atoms with E-state index < -0.39 is 11.8 Å². The van der Waals surface area contributed by atoms with Gasteiger partial charge in [0.1, 0.15) is 0 Å². The third-order valence-corrected chi connectivity index (χ3v) is 3.55. The van der Waals surface area contributed by atoms with Crippen LogP contribution in [0.25, 0.3) is 0 Å². The van der Waals surface area contributed by atoms with E-state index in [1.54, 1.807) is 24.3 Å². The molecule has 0 aliphatic carbocycles. The number of aliphatic hydroxyl groups is 1. The minimum Gasteiger partial charge on any atom is -0.396 e. The zero-order valence-electron chi connectivity index (χ0n) is 12.9. The first-order valence-corrected chi connectivity index (χ1v) is 7.76. The number of amides is 2. The number of benzene rings is 1. The van der Waals surface area contributed by atoms with Crippen molar-refractivity contribution in [1.29, 1.82) is 0 Å². The maximum atomic E-state index is 11.8. The number of hydrogen-bond acceptors (Lipinski definition) is 3. The average molecular weight is 327 g/mol. The monoisotopic (exact) mass is 326 g/mol. The lowest BCUT2D eigenvalue weighted by molar-refractivity contribution is -0.136. The molecule has 0 spiro atoms. The van der Waals surface area contributed by atoms with Crippen LogP contribution in [0.4, 0.5) is 5.69 Å². The van der Waals surface area contributed by atoms with E-state index in [9.17, 15) is 9.59 Å². The molecule has 0 saturated carbocycles. The van der Waals surface area contributed by atoms with E-state index in [2.05, 4.69) is 24.5 Å². The van der Waals surface area contributed by atoms with Crippen LogP contribution >= 0.6 is 11.6 Å². The number of anilines is 1. The Balaban J connectivity index is 2.50. The van der Waals surface area contributed by atoms with Gasteiger partial charge in [-0.2, -0.15) is 0 Å². The van der Waals surface area contributed by atoms with E-state index in [1.165, 1.54) is 0 Å². The Morgan fingerprint density at radius 3 is 2.50 bits per heavy atom. The van der Waals surface area contributed by atoms with Crippen molar-refractivity contribution in [3.05, 3.63) is 29.3 Å². The Labute approximate surface area is 136 Å². The van der Waals surface area contributed by atoms with Crippen molar-refractivity contribution in [2.75, 3.05) is 18.5 Å². The van der Waals surface area contributed by atoms with Crippen LogP contribution < -0.4 is 10.6 Å². The number of halogens is 1. The highest BCUT2D eigenvalue weighted by molar-refractivity contribution is 6.41. The van der Waals surface area contributed by atoms with Crippen molar-refractivity contribution in [3.63, 3.8) is 0 Å². The Morgan fingerprint density at radius 1 is 1.23 bits per heavy atom. The van der Waals surface area contributed by atoms with E-state index in [0.717, 1.165) is 6.42 Å². The number of rotatable bonds is 7. The summed E-state index contributed by atoms with van der Waals surface area (Å²) in [5, 5.41) is 14.5. The van der Waals surface area contributed by atoms with Gasteiger partial charge < -0.3 is 15.7 Å². The number of hydrogen-bond donors (Lipinski definition) is 3. The van der Waals surface area contributed by atoms with Crippen molar-refractivity contribution in [3.8, 4) is 0 Å². The fourth-order valence-corrected chi connectivity index (χ4v) is 2.39. The Bertz CT molecular complexity index is 506. The molecule has 1 atom stereocenters. The van der Waals surface area contributed by atoms with Gasteiger partial charge in [-0.25, -0.2) is 0 Å². The lowest BCUT2D eigenvalue weighted by Crippen LogP contribution is -2.38. The first-order valence-electron chi connectivity index (χ1n) is 7.38. The first-order chi connectivity index (χ1) is 10.4. The lowest BCUT2D eigenvalue weighted by atomic mass is 9.94. The molecule has 0 heterocycles. The highest BCUT2D eigenvalue weighted by Gasteiger charge is 2.17. The molecule has 1 aromatic carbocycles. The van der Waals surface area contributed by atoms with E-state index in [1.807, 2.05) is 0 Å². The number of para-hydroxylation sites is 1. The third-order valence-electron chi connectivity index (χ3n) is 3.22. The Kier molecular flexibility index (Phi) is 7.91. The number of carbonyl (C=O) groups is 2. The maximum absolute atomic E-state index is 11.8. The predicted octanol–water partition coefficient (Wildman–Crippen LogP) is 2.44. The zero-order chi connectivity index (χ0) is 16.5. The van der Waals surface area contributed by atoms with Crippen LogP contribution in [-0.4, -0.2) is 30.1 Å². The summed E-state index contributed by atoms with van der Waals surface area (Å²) in [5.41, 5.74) is 0.401. The fraction of sp³-hybridized carbons (Fsp3) is 0.500. The van der Waals surface area contributed by atoms with Gasteiger partial charge in [-0.3, -0.25) is 9.59 Å². The number of nitrogens with one attached hydrogen (secondary N) is 2. The Hall–Kier alpha value is -1.59. The van der Waals surface area contributed by atoms with Gasteiger partial charge in [-0.1, -0.05) is 37.6 Å². The molecule has 22 heavy (non-hydrogen) atoms. The van der Waals surface area contributed by atoms with Gasteiger partial charge in [0.15, 0.2) is 0 Å². The molecule has 5 nitrogen and oxygen atoms in total. The van der Waals surface area contributed by atoms with Crippen molar-refractivity contribution in [2.45, 2.75) is 26.7 Å². The molecule has 0 aliphatic rings. The molecule has 0 aliphatic heterocycles. The van der Waals surface area contributed by atoms with Crippen molar-refractivity contribution >= 4 is 29.1 Å².